The first-order valence-corrected chi connectivity index (χ1v) is 5.64. The normalized spacial score (nSPS) is 16.4. The highest BCUT2D eigenvalue weighted by atomic mass is 35.5. The van der Waals surface area contributed by atoms with Crippen LogP contribution in [-0.2, 0) is 7.05 Å². The summed E-state index contributed by atoms with van der Waals surface area (Å²) in [7, 11) is 1.82. The van der Waals surface area contributed by atoms with Gasteiger partial charge in [-0.25, -0.2) is 4.98 Å². The molecule has 1 fully saturated rings. The van der Waals surface area contributed by atoms with Crippen molar-refractivity contribution in [3.63, 3.8) is 0 Å². The molecule has 1 saturated carbocycles. The van der Waals surface area contributed by atoms with E-state index < -0.39 is 0 Å². The molecule has 0 saturated heterocycles. The molecule has 1 aliphatic carbocycles. The van der Waals surface area contributed by atoms with Gasteiger partial charge in [-0.05, 0) is 24.4 Å². The Hall–Kier alpha value is -1.36. The van der Waals surface area contributed by atoms with Gasteiger partial charge in [0, 0.05) is 13.0 Å². The van der Waals surface area contributed by atoms with Gasteiger partial charge in [-0.1, -0.05) is 11.6 Å². The fourth-order valence-electron chi connectivity index (χ4n) is 1.76. The molecule has 0 aliphatic heterocycles. The maximum atomic E-state index is 5.85. The second-order valence-corrected chi connectivity index (χ2v) is 4.39. The van der Waals surface area contributed by atoms with Crippen molar-refractivity contribution >= 4 is 11.6 Å². The van der Waals surface area contributed by atoms with Crippen LogP contribution in [0.15, 0.2) is 10.7 Å². The summed E-state index contributed by atoms with van der Waals surface area (Å²) < 4.78 is 6.98. The first kappa shape index (κ1) is 9.84. The maximum Gasteiger partial charge on any atom is 0.230 e. The quantitative estimate of drug-likeness (QED) is 0.806. The van der Waals surface area contributed by atoms with Crippen molar-refractivity contribution in [2.24, 2.45) is 7.05 Å². The summed E-state index contributed by atoms with van der Waals surface area (Å²) in [5.41, 5.74) is 0.777. The van der Waals surface area contributed by atoms with E-state index in [-0.39, 0.29) is 0 Å². The lowest BCUT2D eigenvalue weighted by molar-refractivity contribution is 0.292. The van der Waals surface area contributed by atoms with E-state index >= 15 is 0 Å². The molecule has 0 N–H and O–H groups in total. The summed E-state index contributed by atoms with van der Waals surface area (Å²) in [5, 5.41) is 4.38. The predicted octanol–water partition coefficient (Wildman–Crippen LogP) is 2.39. The number of imidazole rings is 1. The first-order chi connectivity index (χ1) is 7.75. The third kappa shape index (κ3) is 1.43. The molecule has 2 heterocycles. The van der Waals surface area contributed by atoms with Gasteiger partial charge in [0.1, 0.15) is 5.69 Å². The van der Waals surface area contributed by atoms with Crippen LogP contribution < -0.4 is 0 Å². The number of rotatable bonds is 2. The third-order valence-electron chi connectivity index (χ3n) is 3.06. The molecule has 6 heteroatoms. The second-order valence-electron chi connectivity index (χ2n) is 4.06. The molecule has 1 aliphatic rings. The molecule has 0 amide bonds. The Morgan fingerprint density at radius 2 is 2.31 bits per heavy atom. The largest absolute Gasteiger partial charge is 0.339 e. The van der Waals surface area contributed by atoms with Crippen LogP contribution in [0.5, 0.6) is 0 Å². The predicted molar refractivity (Wildman–Crippen MR) is 58.1 cm³/mol. The minimum absolute atomic E-state index is 0.421. The van der Waals surface area contributed by atoms with Crippen molar-refractivity contribution in [2.45, 2.75) is 25.2 Å². The molecule has 2 aromatic rings. The Morgan fingerprint density at radius 1 is 1.50 bits per heavy atom. The Kier molecular flexibility index (Phi) is 2.21. The van der Waals surface area contributed by atoms with Crippen molar-refractivity contribution in [1.29, 1.82) is 0 Å². The van der Waals surface area contributed by atoms with Gasteiger partial charge < -0.3 is 9.09 Å². The van der Waals surface area contributed by atoms with Crippen LogP contribution in [0.25, 0.3) is 11.5 Å². The fourth-order valence-corrected chi connectivity index (χ4v) is 1.89. The second kappa shape index (κ2) is 3.59. The number of halogens is 1. The Bertz CT molecular complexity index is 515. The van der Waals surface area contributed by atoms with E-state index in [1.54, 1.807) is 10.8 Å². The molecule has 5 nitrogen and oxygen atoms in total. The molecular formula is C10H11ClN4O. The summed E-state index contributed by atoms with van der Waals surface area (Å²) in [6, 6.07) is 0. The lowest BCUT2D eigenvalue weighted by Gasteiger charge is -2.20. The molecule has 0 bridgehead atoms. The van der Waals surface area contributed by atoms with Gasteiger partial charge >= 0.3 is 0 Å². The lowest BCUT2D eigenvalue weighted by Crippen LogP contribution is -2.08. The van der Waals surface area contributed by atoms with Crippen LogP contribution in [0.3, 0.4) is 0 Å². The van der Waals surface area contributed by atoms with Crippen LogP contribution in [0, 0.1) is 0 Å². The SMILES string of the molecule is Cn1c(-c2noc(C3CCC3)n2)cnc1Cl. The molecule has 0 aromatic carbocycles. The molecule has 16 heavy (non-hydrogen) atoms. The van der Waals surface area contributed by atoms with Crippen molar-refractivity contribution < 1.29 is 4.52 Å². The molecule has 0 radical (unpaired) electrons. The zero-order chi connectivity index (χ0) is 11.1. The van der Waals surface area contributed by atoms with E-state index in [1.165, 1.54) is 6.42 Å². The fraction of sp³-hybridized carbons (Fsp3) is 0.500. The van der Waals surface area contributed by atoms with Crippen LogP contribution in [0.2, 0.25) is 5.28 Å². The van der Waals surface area contributed by atoms with Gasteiger partial charge in [0.2, 0.25) is 17.0 Å². The minimum atomic E-state index is 0.421. The summed E-state index contributed by atoms with van der Waals surface area (Å²) >= 11 is 5.85. The van der Waals surface area contributed by atoms with Gasteiger partial charge in [-0.2, -0.15) is 4.98 Å². The smallest absolute Gasteiger partial charge is 0.230 e. The molecule has 84 valence electrons. The van der Waals surface area contributed by atoms with Crippen molar-refractivity contribution in [2.75, 3.05) is 0 Å². The van der Waals surface area contributed by atoms with Crippen LogP contribution >= 0.6 is 11.6 Å². The van der Waals surface area contributed by atoms with Gasteiger partial charge in [0.25, 0.3) is 0 Å². The third-order valence-corrected chi connectivity index (χ3v) is 3.41. The highest BCUT2D eigenvalue weighted by Gasteiger charge is 2.26. The van der Waals surface area contributed by atoms with E-state index in [0.717, 1.165) is 24.4 Å². The van der Waals surface area contributed by atoms with Crippen molar-refractivity contribution in [3.05, 3.63) is 17.4 Å². The summed E-state index contributed by atoms with van der Waals surface area (Å²) in [5.74, 6) is 1.74. The summed E-state index contributed by atoms with van der Waals surface area (Å²) in [6.07, 6.45) is 5.19. The topological polar surface area (TPSA) is 56.7 Å². The Balaban J connectivity index is 1.94. The van der Waals surface area contributed by atoms with Crippen molar-refractivity contribution in [1.82, 2.24) is 19.7 Å². The molecule has 0 unspecified atom stereocenters. The average molecular weight is 239 g/mol. The Labute approximate surface area is 97.4 Å². The number of aromatic nitrogens is 4. The van der Waals surface area contributed by atoms with Gasteiger partial charge in [0.15, 0.2) is 0 Å². The molecule has 3 rings (SSSR count). The van der Waals surface area contributed by atoms with Crippen LogP contribution in [0.4, 0.5) is 0 Å². The van der Waals surface area contributed by atoms with Crippen molar-refractivity contribution in [3.8, 4) is 11.5 Å². The number of hydrogen-bond acceptors (Lipinski definition) is 4. The lowest BCUT2D eigenvalue weighted by atomic mass is 9.85. The summed E-state index contributed by atoms with van der Waals surface area (Å²) in [4.78, 5) is 8.37. The van der Waals surface area contributed by atoms with E-state index in [1.807, 2.05) is 7.05 Å². The van der Waals surface area contributed by atoms with Gasteiger partial charge in [-0.15, -0.1) is 0 Å². The molecule has 0 atom stereocenters. The Morgan fingerprint density at radius 3 is 2.88 bits per heavy atom. The molecule has 0 spiro atoms. The van der Waals surface area contributed by atoms with E-state index in [0.29, 0.717) is 17.0 Å². The van der Waals surface area contributed by atoms with E-state index in [4.69, 9.17) is 16.1 Å². The minimum Gasteiger partial charge on any atom is -0.339 e. The van der Waals surface area contributed by atoms with Crippen LogP contribution in [0.1, 0.15) is 31.1 Å². The van der Waals surface area contributed by atoms with Gasteiger partial charge in [0.05, 0.1) is 6.20 Å². The molecular weight excluding hydrogens is 228 g/mol. The first-order valence-electron chi connectivity index (χ1n) is 5.27. The molecule has 2 aromatic heterocycles. The van der Waals surface area contributed by atoms with Crippen LogP contribution in [-0.4, -0.2) is 19.7 Å². The number of nitrogens with zero attached hydrogens (tertiary/aromatic N) is 4. The van der Waals surface area contributed by atoms with E-state index in [2.05, 4.69) is 15.1 Å². The summed E-state index contributed by atoms with van der Waals surface area (Å²) in [6.45, 7) is 0. The number of hydrogen-bond donors (Lipinski definition) is 0. The zero-order valence-corrected chi connectivity index (χ0v) is 9.61. The average Bonchev–Trinajstić information content (AvgIpc) is 2.74. The van der Waals surface area contributed by atoms with E-state index in [9.17, 15) is 0 Å². The highest BCUT2D eigenvalue weighted by Crippen LogP contribution is 2.36. The highest BCUT2D eigenvalue weighted by molar-refractivity contribution is 6.28. The van der Waals surface area contributed by atoms with Gasteiger partial charge in [-0.3, -0.25) is 0 Å². The zero-order valence-electron chi connectivity index (χ0n) is 8.85. The maximum absolute atomic E-state index is 5.85. The monoisotopic (exact) mass is 238 g/mol. The standard InChI is InChI=1S/C10H11ClN4O/c1-15-7(5-12-10(15)11)8-13-9(16-14-8)6-3-2-4-6/h5-6H,2-4H2,1H3.